The monoisotopic (exact) mass is 393 g/mol. The Bertz CT molecular complexity index is 1150. The largest absolute Gasteiger partial charge is 0.507 e. The van der Waals surface area contributed by atoms with Gasteiger partial charge in [-0.05, 0) is 31.6 Å². The second kappa shape index (κ2) is 7.39. The molecule has 0 amide bonds. The summed E-state index contributed by atoms with van der Waals surface area (Å²) < 4.78 is 6.07. The highest BCUT2D eigenvalue weighted by atomic mass is 16.3. The predicted octanol–water partition coefficient (Wildman–Crippen LogP) is 3.29. The van der Waals surface area contributed by atoms with E-state index in [1.54, 1.807) is 6.08 Å². The van der Waals surface area contributed by atoms with E-state index in [1.807, 2.05) is 36.2 Å². The lowest BCUT2D eigenvalue weighted by Gasteiger charge is -2.34. The van der Waals surface area contributed by atoms with E-state index in [4.69, 9.17) is 4.42 Å². The van der Waals surface area contributed by atoms with Crippen molar-refractivity contribution in [3.63, 3.8) is 0 Å². The lowest BCUT2D eigenvalue weighted by Crippen LogP contribution is -2.40. The summed E-state index contributed by atoms with van der Waals surface area (Å²) >= 11 is 0. The number of β-amino-alcohol motifs (C(OH)–C–C–N with tert-alkyl or cyclic N) is 1. The molecule has 1 aromatic heterocycles. The first-order valence-corrected chi connectivity index (χ1v) is 9.51. The van der Waals surface area contributed by atoms with Crippen LogP contribution in [0.1, 0.15) is 23.5 Å². The first kappa shape index (κ1) is 19.2. The second-order valence-corrected chi connectivity index (χ2v) is 7.56. The fourth-order valence-corrected chi connectivity index (χ4v) is 4.07. The fraction of sp³-hybridized carbons (Fsp3) is 0.261. The van der Waals surface area contributed by atoms with Crippen LogP contribution in [0.15, 0.2) is 52.2 Å². The molecule has 0 unspecified atom stereocenters. The van der Waals surface area contributed by atoms with Crippen LogP contribution >= 0.6 is 0 Å². The minimum absolute atomic E-state index is 0.00699. The summed E-state index contributed by atoms with van der Waals surface area (Å²) in [7, 11) is 1.92. The number of fused-ring (bicyclic) bond motifs is 1. The third-order valence-corrected chi connectivity index (χ3v) is 5.56. The first-order valence-electron chi connectivity index (χ1n) is 9.51. The molecule has 6 heteroatoms. The number of likely N-dealkylation sites (tertiary alicyclic amines) is 1. The van der Waals surface area contributed by atoms with Crippen molar-refractivity contribution < 1.29 is 19.7 Å². The van der Waals surface area contributed by atoms with Crippen LogP contribution in [-0.2, 0) is 0 Å². The molecule has 1 aliphatic heterocycles. The number of likely N-dealkylation sites (N-methyl/N-ethyl adjacent to an activating group) is 1. The van der Waals surface area contributed by atoms with Crippen LogP contribution in [0.5, 0.6) is 11.5 Å². The van der Waals surface area contributed by atoms with Gasteiger partial charge in [-0.15, -0.1) is 0 Å². The molecule has 2 heterocycles. The van der Waals surface area contributed by atoms with Gasteiger partial charge in [-0.25, -0.2) is 0 Å². The Labute approximate surface area is 168 Å². The van der Waals surface area contributed by atoms with Gasteiger partial charge in [0.2, 0.25) is 0 Å². The zero-order valence-electron chi connectivity index (χ0n) is 16.1. The van der Waals surface area contributed by atoms with Crippen LogP contribution in [0.25, 0.3) is 28.4 Å². The molecule has 6 nitrogen and oxygen atoms in total. The Balaban J connectivity index is 1.97. The van der Waals surface area contributed by atoms with Gasteiger partial charge >= 0.3 is 0 Å². The number of aliphatic hydroxyl groups excluding tert-OH is 1. The number of aliphatic hydroxyl groups is 1. The topological polar surface area (TPSA) is 94.1 Å². The van der Waals surface area contributed by atoms with Gasteiger partial charge in [0.15, 0.2) is 5.43 Å². The number of rotatable bonds is 3. The molecule has 2 aromatic carbocycles. The van der Waals surface area contributed by atoms with E-state index in [0.717, 1.165) is 18.2 Å². The van der Waals surface area contributed by atoms with E-state index >= 15 is 0 Å². The average Bonchev–Trinajstić information content (AvgIpc) is 2.68. The average molecular weight is 393 g/mol. The Morgan fingerprint density at radius 1 is 1.21 bits per heavy atom. The Kier molecular flexibility index (Phi) is 4.90. The van der Waals surface area contributed by atoms with E-state index in [9.17, 15) is 20.1 Å². The molecule has 0 spiro atoms. The van der Waals surface area contributed by atoms with Crippen molar-refractivity contribution in [2.24, 2.45) is 0 Å². The number of piperidine rings is 1. The molecule has 3 aromatic rings. The highest BCUT2D eigenvalue weighted by Crippen LogP contribution is 2.42. The molecular weight excluding hydrogens is 370 g/mol. The summed E-state index contributed by atoms with van der Waals surface area (Å²) in [5, 5.41) is 31.5. The Morgan fingerprint density at radius 3 is 2.72 bits per heavy atom. The van der Waals surface area contributed by atoms with Crippen molar-refractivity contribution >= 4 is 17.0 Å². The third kappa shape index (κ3) is 3.41. The summed E-state index contributed by atoms with van der Waals surface area (Å²) in [4.78, 5) is 14.8. The standard InChI is InChI=1S/C23H23NO5/c1-3-13-5-4-6-14(9-13)20-11-18(27)22-17(26)10-16(25)21(23(22)29-20)15-7-8-24(2)12-19(15)28/h3-6,9-11,15,19,25-26,28H,1,7-8,12H2,2H3/t15-,19+/m0/s1. The summed E-state index contributed by atoms with van der Waals surface area (Å²) in [5.74, 6) is -0.625. The van der Waals surface area contributed by atoms with Crippen molar-refractivity contribution in [3.8, 4) is 22.8 Å². The summed E-state index contributed by atoms with van der Waals surface area (Å²) in [6.45, 7) is 4.93. The lowest BCUT2D eigenvalue weighted by atomic mass is 9.85. The Morgan fingerprint density at radius 2 is 2.00 bits per heavy atom. The number of nitrogens with zero attached hydrogens (tertiary/aromatic N) is 1. The molecule has 0 bridgehead atoms. The number of phenolic OH excluding ortho intramolecular Hbond substituents is 2. The molecule has 0 aliphatic carbocycles. The van der Waals surface area contributed by atoms with E-state index in [0.29, 0.717) is 29.9 Å². The van der Waals surface area contributed by atoms with E-state index < -0.39 is 17.5 Å². The highest BCUT2D eigenvalue weighted by molar-refractivity contribution is 5.89. The molecule has 1 fully saturated rings. The normalized spacial score (nSPS) is 20.1. The molecule has 4 rings (SSSR count). The van der Waals surface area contributed by atoms with Crippen LogP contribution in [0.2, 0.25) is 0 Å². The third-order valence-electron chi connectivity index (χ3n) is 5.56. The van der Waals surface area contributed by atoms with Crippen LogP contribution in [0, 0.1) is 0 Å². The highest BCUT2D eigenvalue weighted by Gasteiger charge is 2.33. The number of benzene rings is 2. The van der Waals surface area contributed by atoms with Gasteiger partial charge in [-0.1, -0.05) is 30.9 Å². The molecule has 1 saturated heterocycles. The van der Waals surface area contributed by atoms with Crippen LogP contribution < -0.4 is 5.43 Å². The summed E-state index contributed by atoms with van der Waals surface area (Å²) in [6.07, 6.45) is 1.55. The van der Waals surface area contributed by atoms with E-state index in [2.05, 4.69) is 6.58 Å². The van der Waals surface area contributed by atoms with Crippen molar-refractivity contribution in [3.05, 3.63) is 64.3 Å². The summed E-state index contributed by atoms with van der Waals surface area (Å²) in [6, 6.07) is 9.84. The zero-order chi connectivity index (χ0) is 20.7. The molecule has 29 heavy (non-hydrogen) atoms. The van der Waals surface area contributed by atoms with Gasteiger partial charge in [0.25, 0.3) is 0 Å². The molecule has 1 aliphatic rings. The molecule has 150 valence electrons. The second-order valence-electron chi connectivity index (χ2n) is 7.56. The fourth-order valence-electron chi connectivity index (χ4n) is 4.07. The van der Waals surface area contributed by atoms with Gasteiger partial charge in [0.05, 0.1) is 6.10 Å². The smallest absolute Gasteiger partial charge is 0.197 e. The minimum atomic E-state index is -0.731. The molecular formula is C23H23NO5. The Hall–Kier alpha value is -3.09. The predicted molar refractivity (Wildman–Crippen MR) is 112 cm³/mol. The van der Waals surface area contributed by atoms with Gasteiger partial charge in [-0.3, -0.25) is 4.79 Å². The number of hydrogen-bond acceptors (Lipinski definition) is 6. The SMILES string of the molecule is C=Cc1cccc(-c2cc(=O)c3c(O)cc(O)c([C@H]4CCN(C)C[C@H]4O)c3o2)c1. The van der Waals surface area contributed by atoms with Crippen LogP contribution in [0.3, 0.4) is 0 Å². The number of hydrogen-bond donors (Lipinski definition) is 3. The van der Waals surface area contributed by atoms with Crippen molar-refractivity contribution in [2.75, 3.05) is 20.1 Å². The van der Waals surface area contributed by atoms with Gasteiger partial charge < -0.3 is 24.6 Å². The maximum Gasteiger partial charge on any atom is 0.197 e. The molecule has 3 N–H and O–H groups in total. The first-order chi connectivity index (χ1) is 13.9. The van der Waals surface area contributed by atoms with E-state index in [1.165, 1.54) is 6.07 Å². The maximum absolute atomic E-state index is 12.8. The van der Waals surface area contributed by atoms with Gasteiger partial charge in [0.1, 0.15) is 28.2 Å². The zero-order valence-corrected chi connectivity index (χ0v) is 16.1. The van der Waals surface area contributed by atoms with Crippen molar-refractivity contribution in [1.82, 2.24) is 4.90 Å². The van der Waals surface area contributed by atoms with Gasteiger partial charge in [0, 0.05) is 35.7 Å². The van der Waals surface area contributed by atoms with Crippen LogP contribution in [0.4, 0.5) is 0 Å². The molecule has 2 atom stereocenters. The van der Waals surface area contributed by atoms with Crippen molar-refractivity contribution in [2.45, 2.75) is 18.4 Å². The number of aromatic hydroxyl groups is 2. The van der Waals surface area contributed by atoms with E-state index in [-0.39, 0.29) is 22.5 Å². The molecule has 0 radical (unpaired) electrons. The maximum atomic E-state index is 12.8. The van der Waals surface area contributed by atoms with Gasteiger partial charge in [-0.2, -0.15) is 0 Å². The minimum Gasteiger partial charge on any atom is -0.507 e. The molecule has 0 saturated carbocycles. The van der Waals surface area contributed by atoms with Crippen molar-refractivity contribution in [1.29, 1.82) is 0 Å². The summed E-state index contributed by atoms with van der Waals surface area (Å²) in [5.41, 5.74) is 1.61. The lowest BCUT2D eigenvalue weighted by molar-refractivity contribution is 0.0631. The number of phenols is 2. The quantitative estimate of drug-likeness (QED) is 0.632. The van der Waals surface area contributed by atoms with Crippen LogP contribution in [-0.4, -0.2) is 46.5 Å².